The smallest absolute Gasteiger partial charge is 0.0485 e. The Kier molecular flexibility index (Phi) is 4.60. The van der Waals surface area contributed by atoms with E-state index in [1.165, 1.54) is 28.5 Å². The van der Waals surface area contributed by atoms with Crippen LogP contribution in [0.4, 0.5) is 0 Å². The van der Waals surface area contributed by atoms with Crippen molar-refractivity contribution in [1.29, 1.82) is 0 Å². The van der Waals surface area contributed by atoms with E-state index in [0.29, 0.717) is 18.6 Å². The number of nitrogens with zero attached hydrogens (tertiary/aromatic N) is 2. The monoisotopic (exact) mass is 303 g/mol. The minimum absolute atomic E-state index is 0.351. The van der Waals surface area contributed by atoms with Crippen LogP contribution in [0.1, 0.15) is 24.4 Å². The van der Waals surface area contributed by atoms with Gasteiger partial charge in [-0.05, 0) is 55.9 Å². The van der Waals surface area contributed by atoms with E-state index < -0.39 is 0 Å². The second kappa shape index (κ2) is 6.44. The van der Waals surface area contributed by atoms with Gasteiger partial charge in [-0.25, -0.2) is 0 Å². The van der Waals surface area contributed by atoms with Crippen molar-refractivity contribution in [2.45, 2.75) is 24.9 Å². The van der Waals surface area contributed by atoms with Crippen molar-refractivity contribution in [1.82, 2.24) is 9.80 Å². The van der Waals surface area contributed by atoms with Gasteiger partial charge in [-0.1, -0.05) is 18.2 Å². The lowest BCUT2D eigenvalue weighted by Crippen LogP contribution is -2.47. The molecule has 4 heteroatoms. The van der Waals surface area contributed by atoms with Crippen molar-refractivity contribution in [3.63, 3.8) is 0 Å². The van der Waals surface area contributed by atoms with Crippen LogP contribution in [0.25, 0.3) is 10.1 Å². The molecule has 1 aliphatic heterocycles. The Bertz CT molecular complexity index is 592. The van der Waals surface area contributed by atoms with Crippen LogP contribution in [0.3, 0.4) is 0 Å². The summed E-state index contributed by atoms with van der Waals surface area (Å²) in [7, 11) is 4.37. The molecule has 1 aromatic carbocycles. The highest BCUT2D eigenvalue weighted by molar-refractivity contribution is 7.17. The molecule has 3 nitrogen and oxygen atoms in total. The topological polar surface area (TPSA) is 32.5 Å². The van der Waals surface area contributed by atoms with E-state index in [9.17, 15) is 0 Å². The minimum Gasteiger partial charge on any atom is -0.329 e. The fraction of sp³-hybridized carbons (Fsp3) is 0.529. The molecule has 21 heavy (non-hydrogen) atoms. The average Bonchev–Trinajstić information content (AvgIpc) is 2.93. The largest absolute Gasteiger partial charge is 0.329 e. The highest BCUT2D eigenvalue weighted by Gasteiger charge is 2.28. The van der Waals surface area contributed by atoms with Crippen LogP contribution in [0.15, 0.2) is 29.6 Å². The number of hydrogen-bond donors (Lipinski definition) is 1. The van der Waals surface area contributed by atoms with Crippen molar-refractivity contribution < 1.29 is 0 Å². The number of hydrogen-bond acceptors (Lipinski definition) is 4. The van der Waals surface area contributed by atoms with E-state index in [1.807, 2.05) is 11.3 Å². The van der Waals surface area contributed by atoms with Crippen molar-refractivity contribution in [3.8, 4) is 0 Å². The molecule has 1 saturated heterocycles. The van der Waals surface area contributed by atoms with Gasteiger partial charge in [0.25, 0.3) is 0 Å². The first-order chi connectivity index (χ1) is 10.2. The molecule has 0 radical (unpaired) electrons. The standard InChI is InChI=1S/C17H25N3S/c1-19(2)13-6-5-9-20(11-13)16(10-18)15-12-21-17-8-4-3-7-14(15)17/h3-4,7-8,12-13,16H,5-6,9-11,18H2,1-2H3. The zero-order valence-electron chi connectivity index (χ0n) is 13.0. The molecule has 2 aromatic rings. The van der Waals surface area contributed by atoms with E-state index in [-0.39, 0.29) is 0 Å². The molecule has 2 heterocycles. The summed E-state index contributed by atoms with van der Waals surface area (Å²) in [6, 6.07) is 9.68. The molecular formula is C17H25N3S. The van der Waals surface area contributed by atoms with Crippen molar-refractivity contribution >= 4 is 21.4 Å². The second-order valence-corrected chi connectivity index (χ2v) is 7.10. The molecule has 0 bridgehead atoms. The summed E-state index contributed by atoms with van der Waals surface area (Å²) < 4.78 is 1.37. The zero-order valence-corrected chi connectivity index (χ0v) is 13.8. The first-order valence-corrected chi connectivity index (χ1v) is 8.65. The Morgan fingerprint density at radius 3 is 2.95 bits per heavy atom. The predicted octanol–water partition coefficient (Wildman–Crippen LogP) is 2.93. The number of likely N-dealkylation sites (tertiary alicyclic amines) is 1. The molecule has 114 valence electrons. The van der Waals surface area contributed by atoms with Gasteiger partial charge in [0.05, 0.1) is 0 Å². The molecule has 0 spiro atoms. The van der Waals surface area contributed by atoms with Crippen LogP contribution in [-0.2, 0) is 0 Å². The molecule has 0 saturated carbocycles. The van der Waals surface area contributed by atoms with Gasteiger partial charge in [0.2, 0.25) is 0 Å². The molecule has 1 aliphatic rings. The summed E-state index contributed by atoms with van der Waals surface area (Å²) in [6.45, 7) is 2.98. The third-order valence-corrected chi connectivity index (χ3v) is 5.67. The maximum absolute atomic E-state index is 6.16. The van der Waals surface area contributed by atoms with Crippen LogP contribution in [0.2, 0.25) is 0 Å². The number of likely N-dealkylation sites (N-methyl/N-ethyl adjacent to an activating group) is 1. The summed E-state index contributed by atoms with van der Waals surface area (Å²) in [4.78, 5) is 4.94. The van der Waals surface area contributed by atoms with Crippen molar-refractivity contribution in [2.24, 2.45) is 5.73 Å². The van der Waals surface area contributed by atoms with Crippen LogP contribution < -0.4 is 5.73 Å². The maximum atomic E-state index is 6.16. The number of benzene rings is 1. The fourth-order valence-corrected chi connectivity index (χ4v) is 4.42. The summed E-state index contributed by atoms with van der Waals surface area (Å²) >= 11 is 1.84. The molecule has 2 N–H and O–H groups in total. The van der Waals surface area contributed by atoms with Gasteiger partial charge in [-0.15, -0.1) is 11.3 Å². The molecule has 3 rings (SSSR count). The minimum atomic E-state index is 0.351. The van der Waals surface area contributed by atoms with Crippen LogP contribution in [0, 0.1) is 0 Å². The van der Waals surface area contributed by atoms with Crippen LogP contribution in [0.5, 0.6) is 0 Å². The van der Waals surface area contributed by atoms with E-state index >= 15 is 0 Å². The van der Waals surface area contributed by atoms with Crippen LogP contribution >= 0.6 is 11.3 Å². The molecule has 2 unspecified atom stereocenters. The lowest BCUT2D eigenvalue weighted by molar-refractivity contribution is 0.0991. The number of thiophene rings is 1. The fourth-order valence-electron chi connectivity index (χ4n) is 3.42. The lowest BCUT2D eigenvalue weighted by atomic mass is 9.98. The van der Waals surface area contributed by atoms with E-state index in [0.717, 1.165) is 13.1 Å². The Morgan fingerprint density at radius 1 is 1.38 bits per heavy atom. The van der Waals surface area contributed by atoms with Gasteiger partial charge < -0.3 is 10.6 Å². The van der Waals surface area contributed by atoms with Gasteiger partial charge in [0, 0.05) is 29.9 Å². The van der Waals surface area contributed by atoms with E-state index in [4.69, 9.17) is 5.73 Å². The van der Waals surface area contributed by atoms with Crippen molar-refractivity contribution in [3.05, 3.63) is 35.2 Å². The first-order valence-electron chi connectivity index (χ1n) is 7.77. The normalized spacial score (nSPS) is 22.0. The summed E-state index contributed by atoms with van der Waals surface area (Å²) in [5.41, 5.74) is 7.57. The Balaban J connectivity index is 1.87. The Hall–Kier alpha value is -0.940. The Labute approximate surface area is 131 Å². The van der Waals surface area contributed by atoms with Crippen LogP contribution in [-0.4, -0.2) is 49.6 Å². The maximum Gasteiger partial charge on any atom is 0.0485 e. The molecule has 0 amide bonds. The number of fused-ring (bicyclic) bond motifs is 1. The highest BCUT2D eigenvalue weighted by Crippen LogP contribution is 2.34. The third-order valence-electron chi connectivity index (χ3n) is 4.69. The molecule has 1 aromatic heterocycles. The number of piperidine rings is 1. The molecular weight excluding hydrogens is 278 g/mol. The number of rotatable bonds is 4. The second-order valence-electron chi connectivity index (χ2n) is 6.19. The van der Waals surface area contributed by atoms with E-state index in [1.54, 1.807) is 0 Å². The first kappa shape index (κ1) is 15.0. The summed E-state index contributed by atoms with van der Waals surface area (Å²) in [5.74, 6) is 0. The van der Waals surface area contributed by atoms with Gasteiger partial charge in [0.1, 0.15) is 0 Å². The average molecular weight is 303 g/mol. The number of nitrogens with two attached hydrogens (primary N) is 1. The molecule has 0 aliphatic carbocycles. The van der Waals surface area contributed by atoms with Crippen molar-refractivity contribution in [2.75, 3.05) is 33.7 Å². The summed E-state index contributed by atoms with van der Waals surface area (Å²) in [5, 5.41) is 3.69. The van der Waals surface area contributed by atoms with Gasteiger partial charge in [-0.3, -0.25) is 4.90 Å². The zero-order chi connectivity index (χ0) is 14.8. The SMILES string of the molecule is CN(C)C1CCCN(C(CN)c2csc3ccccc23)C1. The Morgan fingerprint density at radius 2 is 2.19 bits per heavy atom. The van der Waals surface area contributed by atoms with E-state index in [2.05, 4.69) is 53.5 Å². The van der Waals surface area contributed by atoms with Gasteiger partial charge in [-0.2, -0.15) is 0 Å². The third kappa shape index (κ3) is 2.99. The lowest BCUT2D eigenvalue weighted by Gasteiger charge is -2.40. The highest BCUT2D eigenvalue weighted by atomic mass is 32.1. The predicted molar refractivity (Wildman–Crippen MR) is 91.9 cm³/mol. The van der Waals surface area contributed by atoms with Gasteiger partial charge in [0.15, 0.2) is 0 Å². The molecule has 2 atom stereocenters. The summed E-state index contributed by atoms with van der Waals surface area (Å²) in [6.07, 6.45) is 2.56. The molecule has 1 fully saturated rings. The quantitative estimate of drug-likeness (QED) is 0.942. The van der Waals surface area contributed by atoms with Gasteiger partial charge >= 0.3 is 0 Å².